The van der Waals surface area contributed by atoms with E-state index in [2.05, 4.69) is 58.2 Å². The second kappa shape index (κ2) is 3.47. The molecule has 0 unspecified atom stereocenters. The van der Waals surface area contributed by atoms with Gasteiger partial charge in [0.2, 0.25) is 0 Å². The molecule has 11 heavy (non-hydrogen) atoms. The Kier molecular flexibility index (Phi) is 3.02. The molecule has 0 bridgehead atoms. The van der Waals surface area contributed by atoms with E-state index in [1.165, 1.54) is 18.3 Å². The van der Waals surface area contributed by atoms with E-state index in [0.29, 0.717) is 0 Å². The molecule has 1 rings (SSSR count). The number of hydrogen-bond donors (Lipinski definition) is 1. The minimum Gasteiger partial charge on any atom is -0.398 e. The molecular formula is C8H9I2N. The minimum atomic E-state index is 0.920. The van der Waals surface area contributed by atoms with Crippen LogP contribution in [-0.2, 0) is 0 Å². The smallest absolute Gasteiger partial charge is 0.0482 e. The van der Waals surface area contributed by atoms with E-state index in [1.807, 2.05) is 6.92 Å². The predicted octanol–water partition coefficient (Wildman–Crippen LogP) is 3.09. The van der Waals surface area contributed by atoms with Gasteiger partial charge in [-0.1, -0.05) is 0 Å². The summed E-state index contributed by atoms with van der Waals surface area (Å²) in [6.45, 7) is 4.14. The molecule has 0 atom stereocenters. The third-order valence-electron chi connectivity index (χ3n) is 1.69. The first-order valence-electron chi connectivity index (χ1n) is 3.24. The average Bonchev–Trinajstić information content (AvgIpc) is 1.97. The van der Waals surface area contributed by atoms with Crippen molar-refractivity contribution in [3.63, 3.8) is 0 Å². The van der Waals surface area contributed by atoms with E-state index in [1.54, 1.807) is 0 Å². The summed E-state index contributed by atoms with van der Waals surface area (Å²) in [6, 6.07) is 2.12. The van der Waals surface area contributed by atoms with E-state index in [0.717, 1.165) is 5.69 Å². The zero-order valence-corrected chi connectivity index (χ0v) is 10.7. The molecule has 0 aromatic heterocycles. The van der Waals surface area contributed by atoms with Crippen molar-refractivity contribution in [3.8, 4) is 0 Å². The number of nitrogens with two attached hydrogens (primary N) is 1. The van der Waals surface area contributed by atoms with Gasteiger partial charge in [0.1, 0.15) is 0 Å². The summed E-state index contributed by atoms with van der Waals surface area (Å²) in [4.78, 5) is 0. The van der Waals surface area contributed by atoms with Gasteiger partial charge in [0.25, 0.3) is 0 Å². The molecule has 0 heterocycles. The van der Waals surface area contributed by atoms with Gasteiger partial charge in [-0.05, 0) is 76.2 Å². The molecular weight excluding hydrogens is 364 g/mol. The van der Waals surface area contributed by atoms with Gasteiger partial charge in [-0.3, -0.25) is 0 Å². The van der Waals surface area contributed by atoms with Gasteiger partial charge in [0, 0.05) is 12.8 Å². The van der Waals surface area contributed by atoms with E-state index >= 15 is 0 Å². The molecule has 1 aromatic rings. The normalized spacial score (nSPS) is 10.2. The number of nitrogen functional groups attached to an aromatic ring is 1. The van der Waals surface area contributed by atoms with Crippen LogP contribution in [0.3, 0.4) is 0 Å². The van der Waals surface area contributed by atoms with Crippen LogP contribution in [0.25, 0.3) is 0 Å². The quantitative estimate of drug-likeness (QED) is 0.549. The topological polar surface area (TPSA) is 26.0 Å². The first-order chi connectivity index (χ1) is 5.04. The summed E-state index contributed by atoms with van der Waals surface area (Å²) in [5.41, 5.74) is 9.22. The van der Waals surface area contributed by atoms with Crippen LogP contribution in [0.1, 0.15) is 11.1 Å². The van der Waals surface area contributed by atoms with Gasteiger partial charge >= 0.3 is 0 Å². The fourth-order valence-corrected chi connectivity index (χ4v) is 2.82. The molecule has 0 spiro atoms. The lowest BCUT2D eigenvalue weighted by molar-refractivity contribution is 1.33. The molecule has 0 amide bonds. The summed E-state index contributed by atoms with van der Waals surface area (Å²) in [6.07, 6.45) is 0. The van der Waals surface area contributed by atoms with E-state index in [4.69, 9.17) is 5.73 Å². The summed E-state index contributed by atoms with van der Waals surface area (Å²) in [5, 5.41) is 0. The highest BCUT2D eigenvalue weighted by atomic mass is 127. The molecule has 0 aliphatic carbocycles. The molecule has 1 nitrogen and oxygen atoms in total. The van der Waals surface area contributed by atoms with Crippen LogP contribution < -0.4 is 5.73 Å². The van der Waals surface area contributed by atoms with Crippen molar-refractivity contribution in [2.45, 2.75) is 13.8 Å². The van der Waals surface area contributed by atoms with E-state index in [-0.39, 0.29) is 0 Å². The van der Waals surface area contributed by atoms with Crippen molar-refractivity contribution in [2.75, 3.05) is 5.73 Å². The second-order valence-electron chi connectivity index (χ2n) is 2.53. The standard InChI is InChI=1S/C8H9I2N/c1-4-3-6(9)5(2)7(10)8(4)11/h3H,11H2,1-2H3. The number of benzene rings is 1. The van der Waals surface area contributed by atoms with Crippen LogP contribution in [0.2, 0.25) is 0 Å². The third kappa shape index (κ3) is 1.80. The Labute approximate surface area is 94.0 Å². The lowest BCUT2D eigenvalue weighted by Gasteiger charge is -2.07. The summed E-state index contributed by atoms with van der Waals surface area (Å²) < 4.78 is 2.48. The van der Waals surface area contributed by atoms with E-state index in [9.17, 15) is 0 Å². The Balaban J connectivity index is 3.46. The maximum absolute atomic E-state index is 5.84. The third-order valence-corrected chi connectivity index (χ3v) is 4.20. The maximum atomic E-state index is 5.84. The number of halogens is 2. The fraction of sp³-hybridized carbons (Fsp3) is 0.250. The van der Waals surface area contributed by atoms with Gasteiger partial charge in [-0.25, -0.2) is 0 Å². The molecule has 1 aromatic carbocycles. The molecule has 60 valence electrons. The van der Waals surface area contributed by atoms with Crippen LogP contribution >= 0.6 is 45.2 Å². The molecule has 0 aliphatic rings. The first-order valence-corrected chi connectivity index (χ1v) is 5.40. The fourth-order valence-electron chi connectivity index (χ4n) is 0.856. The maximum Gasteiger partial charge on any atom is 0.0482 e. The number of rotatable bonds is 0. The van der Waals surface area contributed by atoms with Gasteiger partial charge < -0.3 is 5.73 Å². The molecule has 2 N–H and O–H groups in total. The molecule has 0 fully saturated rings. The van der Waals surface area contributed by atoms with Crippen molar-refractivity contribution in [2.24, 2.45) is 0 Å². The van der Waals surface area contributed by atoms with Crippen molar-refractivity contribution in [3.05, 3.63) is 24.3 Å². The SMILES string of the molecule is Cc1cc(I)c(C)c(I)c1N. The minimum absolute atomic E-state index is 0.920. The zero-order chi connectivity index (χ0) is 8.59. The van der Waals surface area contributed by atoms with Crippen LogP contribution in [0, 0.1) is 21.0 Å². The van der Waals surface area contributed by atoms with Crippen LogP contribution in [0.5, 0.6) is 0 Å². The Morgan fingerprint density at radius 3 is 2.36 bits per heavy atom. The molecule has 0 saturated carbocycles. The van der Waals surface area contributed by atoms with E-state index < -0.39 is 0 Å². The number of aryl methyl sites for hydroxylation is 1. The van der Waals surface area contributed by atoms with Crippen molar-refractivity contribution in [1.82, 2.24) is 0 Å². The van der Waals surface area contributed by atoms with Crippen LogP contribution in [-0.4, -0.2) is 0 Å². The lowest BCUT2D eigenvalue weighted by atomic mass is 10.1. The Morgan fingerprint density at radius 1 is 1.27 bits per heavy atom. The second-order valence-corrected chi connectivity index (χ2v) is 4.77. The first kappa shape index (κ1) is 9.57. The van der Waals surface area contributed by atoms with Crippen LogP contribution in [0.15, 0.2) is 6.07 Å². The van der Waals surface area contributed by atoms with Gasteiger partial charge in [-0.2, -0.15) is 0 Å². The highest BCUT2D eigenvalue weighted by molar-refractivity contribution is 14.1. The number of anilines is 1. The average molecular weight is 373 g/mol. The Morgan fingerprint density at radius 2 is 1.82 bits per heavy atom. The zero-order valence-electron chi connectivity index (χ0n) is 6.41. The molecule has 0 aliphatic heterocycles. The molecule has 3 heteroatoms. The van der Waals surface area contributed by atoms with Gasteiger partial charge in [-0.15, -0.1) is 0 Å². The molecule has 0 saturated heterocycles. The van der Waals surface area contributed by atoms with Crippen LogP contribution in [0.4, 0.5) is 5.69 Å². The highest BCUT2D eigenvalue weighted by Gasteiger charge is 2.05. The highest BCUT2D eigenvalue weighted by Crippen LogP contribution is 2.26. The Hall–Kier alpha value is 0.480. The largest absolute Gasteiger partial charge is 0.398 e. The Bertz CT molecular complexity index is 268. The lowest BCUT2D eigenvalue weighted by Crippen LogP contribution is -1.97. The van der Waals surface area contributed by atoms with Crippen molar-refractivity contribution < 1.29 is 0 Å². The predicted molar refractivity (Wildman–Crippen MR) is 65.8 cm³/mol. The summed E-state index contributed by atoms with van der Waals surface area (Å²) in [5.74, 6) is 0. The van der Waals surface area contributed by atoms with Crippen molar-refractivity contribution in [1.29, 1.82) is 0 Å². The van der Waals surface area contributed by atoms with Gasteiger partial charge in [0.05, 0.1) is 0 Å². The summed E-state index contributed by atoms with van der Waals surface area (Å²) >= 11 is 4.62. The van der Waals surface area contributed by atoms with Crippen molar-refractivity contribution >= 4 is 50.9 Å². The molecule has 0 radical (unpaired) electrons. The van der Waals surface area contributed by atoms with Gasteiger partial charge in [0.15, 0.2) is 0 Å². The summed E-state index contributed by atoms with van der Waals surface area (Å²) in [7, 11) is 0. The number of hydrogen-bond acceptors (Lipinski definition) is 1. The monoisotopic (exact) mass is 373 g/mol.